The maximum absolute atomic E-state index is 9.39. The van der Waals surface area contributed by atoms with Crippen LogP contribution < -0.4 is 10.6 Å². The van der Waals surface area contributed by atoms with E-state index >= 15 is 0 Å². The van der Waals surface area contributed by atoms with Crippen LogP contribution in [0.25, 0.3) is 0 Å². The van der Waals surface area contributed by atoms with Crippen molar-refractivity contribution in [3.8, 4) is 0 Å². The van der Waals surface area contributed by atoms with Gasteiger partial charge in [0.15, 0.2) is 5.96 Å². The summed E-state index contributed by atoms with van der Waals surface area (Å²) in [6, 6.07) is 0. The molecule has 0 aliphatic carbocycles. The molecule has 2 aliphatic rings. The van der Waals surface area contributed by atoms with Crippen LogP contribution in [0.15, 0.2) is 4.99 Å². The Labute approximate surface area is 159 Å². The zero-order chi connectivity index (χ0) is 19.0. The summed E-state index contributed by atoms with van der Waals surface area (Å²) in [6.45, 7) is 13.8. The number of hydrogen-bond donors (Lipinski definition) is 3. The van der Waals surface area contributed by atoms with E-state index in [1.165, 1.54) is 6.42 Å². The molecule has 3 atom stereocenters. The van der Waals surface area contributed by atoms with E-state index in [2.05, 4.69) is 38.3 Å². The average Bonchev–Trinajstić information content (AvgIpc) is 3.06. The van der Waals surface area contributed by atoms with Crippen molar-refractivity contribution in [3.63, 3.8) is 0 Å². The van der Waals surface area contributed by atoms with Crippen LogP contribution >= 0.6 is 0 Å². The fourth-order valence-electron chi connectivity index (χ4n) is 4.11. The molecule has 0 aromatic carbocycles. The first-order valence-electron chi connectivity index (χ1n) is 10.2. The smallest absolute Gasteiger partial charge is 0.191 e. The van der Waals surface area contributed by atoms with Crippen molar-refractivity contribution in [1.29, 1.82) is 0 Å². The van der Waals surface area contributed by atoms with Crippen molar-refractivity contribution in [2.75, 3.05) is 46.1 Å². The molecule has 6 heteroatoms. The Balaban J connectivity index is 1.96. The second-order valence-corrected chi connectivity index (χ2v) is 8.91. The molecule has 2 fully saturated rings. The molecule has 0 aromatic heterocycles. The van der Waals surface area contributed by atoms with Crippen LogP contribution in [-0.4, -0.2) is 63.2 Å². The second-order valence-electron chi connectivity index (χ2n) is 8.91. The molecule has 152 valence electrons. The minimum absolute atomic E-state index is 0.0149. The summed E-state index contributed by atoms with van der Waals surface area (Å²) < 4.78 is 11.7. The van der Waals surface area contributed by atoms with Gasteiger partial charge in [0.25, 0.3) is 0 Å². The average molecular weight is 370 g/mol. The van der Waals surface area contributed by atoms with Gasteiger partial charge in [-0.1, -0.05) is 20.8 Å². The summed E-state index contributed by atoms with van der Waals surface area (Å²) in [6.07, 6.45) is 4.31. The van der Waals surface area contributed by atoms with Crippen molar-refractivity contribution >= 4 is 5.96 Å². The third kappa shape index (κ3) is 6.10. The van der Waals surface area contributed by atoms with Crippen LogP contribution in [0.2, 0.25) is 0 Å². The highest BCUT2D eigenvalue weighted by Crippen LogP contribution is 2.34. The number of hydrogen-bond acceptors (Lipinski definition) is 4. The molecule has 2 heterocycles. The van der Waals surface area contributed by atoms with Crippen LogP contribution in [0.5, 0.6) is 0 Å². The van der Waals surface area contributed by atoms with E-state index in [4.69, 9.17) is 14.5 Å². The standard InChI is InChI=1S/C20H39N3O3/c1-5-21-18(23-14-20(8-10-24)9-12-25-15-20)22-13-16-7-6-11-26-17(16)19(2,3)4/h16-17,24H,5-15H2,1-4H3,(H2,21,22,23). The molecule has 0 saturated carbocycles. The zero-order valence-electron chi connectivity index (χ0n) is 17.1. The topological polar surface area (TPSA) is 75.1 Å². The predicted octanol–water partition coefficient (Wildman–Crippen LogP) is 2.17. The molecule has 0 amide bonds. The number of aliphatic hydroxyl groups is 1. The summed E-state index contributed by atoms with van der Waals surface area (Å²) in [5.41, 5.74) is 0.133. The first kappa shape index (κ1) is 21.5. The molecule has 0 aromatic rings. The van der Waals surface area contributed by atoms with Crippen molar-refractivity contribution < 1.29 is 14.6 Å². The number of nitrogens with one attached hydrogen (secondary N) is 2. The van der Waals surface area contributed by atoms with Gasteiger partial charge < -0.3 is 25.2 Å². The van der Waals surface area contributed by atoms with Crippen LogP contribution in [0.4, 0.5) is 0 Å². The number of aliphatic imine (C=N–C) groups is 1. The summed E-state index contributed by atoms with van der Waals surface area (Å²) >= 11 is 0. The molecule has 0 radical (unpaired) electrons. The van der Waals surface area contributed by atoms with Gasteiger partial charge in [-0.15, -0.1) is 0 Å². The Morgan fingerprint density at radius 1 is 1.27 bits per heavy atom. The lowest BCUT2D eigenvalue weighted by Gasteiger charge is -2.40. The molecule has 0 spiro atoms. The Hall–Kier alpha value is -0.850. The zero-order valence-corrected chi connectivity index (χ0v) is 17.1. The van der Waals surface area contributed by atoms with Crippen LogP contribution in [0, 0.1) is 16.7 Å². The molecular weight excluding hydrogens is 330 g/mol. The first-order chi connectivity index (χ1) is 12.4. The monoisotopic (exact) mass is 369 g/mol. The summed E-state index contributed by atoms with van der Waals surface area (Å²) in [4.78, 5) is 4.82. The van der Waals surface area contributed by atoms with E-state index in [-0.39, 0.29) is 23.5 Å². The van der Waals surface area contributed by atoms with Gasteiger partial charge in [-0.25, -0.2) is 0 Å². The highest BCUT2D eigenvalue weighted by Gasteiger charge is 2.36. The van der Waals surface area contributed by atoms with E-state index in [1.54, 1.807) is 0 Å². The molecule has 0 bridgehead atoms. The van der Waals surface area contributed by atoms with E-state index in [1.807, 2.05) is 0 Å². The lowest BCUT2D eigenvalue weighted by molar-refractivity contribution is -0.0835. The lowest BCUT2D eigenvalue weighted by atomic mass is 9.78. The molecule has 6 nitrogen and oxygen atoms in total. The van der Waals surface area contributed by atoms with E-state index in [0.717, 1.165) is 51.5 Å². The number of rotatable bonds is 7. The molecular formula is C20H39N3O3. The lowest BCUT2D eigenvalue weighted by Crippen LogP contribution is -2.47. The fraction of sp³-hybridized carbons (Fsp3) is 0.950. The molecule has 26 heavy (non-hydrogen) atoms. The minimum Gasteiger partial charge on any atom is -0.396 e. The molecule has 3 N–H and O–H groups in total. The number of guanidine groups is 1. The third-order valence-corrected chi connectivity index (χ3v) is 5.57. The maximum atomic E-state index is 9.39. The molecule has 2 rings (SSSR count). The van der Waals surface area contributed by atoms with Gasteiger partial charge in [0.05, 0.1) is 19.3 Å². The summed E-state index contributed by atoms with van der Waals surface area (Å²) in [5.74, 6) is 1.35. The van der Waals surface area contributed by atoms with Gasteiger partial charge in [-0.3, -0.25) is 4.99 Å². The second kappa shape index (κ2) is 9.90. The SMILES string of the molecule is CCNC(=NCC1(CCO)CCOC1)NCC1CCCOC1C(C)(C)C. The van der Waals surface area contributed by atoms with Gasteiger partial charge >= 0.3 is 0 Å². The summed E-state index contributed by atoms with van der Waals surface area (Å²) in [5, 5.41) is 16.3. The van der Waals surface area contributed by atoms with Crippen molar-refractivity contribution in [2.45, 2.75) is 59.5 Å². The van der Waals surface area contributed by atoms with E-state index in [9.17, 15) is 5.11 Å². The Morgan fingerprint density at radius 2 is 2.08 bits per heavy atom. The number of nitrogens with zero attached hydrogens (tertiary/aromatic N) is 1. The van der Waals surface area contributed by atoms with Gasteiger partial charge in [0, 0.05) is 44.2 Å². The Kier molecular flexibility index (Phi) is 8.17. The minimum atomic E-state index is -0.0149. The Bertz CT molecular complexity index is 442. The first-order valence-corrected chi connectivity index (χ1v) is 10.2. The largest absolute Gasteiger partial charge is 0.396 e. The number of aliphatic hydroxyl groups excluding tert-OH is 1. The third-order valence-electron chi connectivity index (χ3n) is 5.57. The molecule has 3 unspecified atom stereocenters. The number of ether oxygens (including phenoxy) is 2. The van der Waals surface area contributed by atoms with E-state index in [0.29, 0.717) is 19.1 Å². The quantitative estimate of drug-likeness (QED) is 0.474. The Morgan fingerprint density at radius 3 is 2.69 bits per heavy atom. The highest BCUT2D eigenvalue weighted by molar-refractivity contribution is 5.79. The van der Waals surface area contributed by atoms with Gasteiger partial charge in [0.1, 0.15) is 0 Å². The van der Waals surface area contributed by atoms with Crippen LogP contribution in [0.1, 0.15) is 53.4 Å². The van der Waals surface area contributed by atoms with Crippen molar-refractivity contribution in [1.82, 2.24) is 10.6 Å². The summed E-state index contributed by atoms with van der Waals surface area (Å²) in [7, 11) is 0. The van der Waals surface area contributed by atoms with Crippen molar-refractivity contribution in [3.05, 3.63) is 0 Å². The highest BCUT2D eigenvalue weighted by atomic mass is 16.5. The van der Waals surface area contributed by atoms with Crippen LogP contribution in [-0.2, 0) is 9.47 Å². The molecule has 2 aliphatic heterocycles. The van der Waals surface area contributed by atoms with E-state index < -0.39 is 0 Å². The van der Waals surface area contributed by atoms with Gasteiger partial charge in [-0.05, 0) is 38.0 Å². The van der Waals surface area contributed by atoms with Gasteiger partial charge in [0.2, 0.25) is 0 Å². The maximum Gasteiger partial charge on any atom is 0.191 e. The molecule has 2 saturated heterocycles. The van der Waals surface area contributed by atoms with Crippen molar-refractivity contribution in [2.24, 2.45) is 21.7 Å². The fourth-order valence-corrected chi connectivity index (χ4v) is 4.11. The predicted molar refractivity (Wildman–Crippen MR) is 105 cm³/mol. The normalized spacial score (nSPS) is 30.4. The van der Waals surface area contributed by atoms with Crippen LogP contribution in [0.3, 0.4) is 0 Å². The van der Waals surface area contributed by atoms with Gasteiger partial charge in [-0.2, -0.15) is 0 Å².